The molecule has 6 nitrogen and oxygen atoms in total. The summed E-state index contributed by atoms with van der Waals surface area (Å²) in [7, 11) is 4.03. The number of rotatable bonds is 10. The molecule has 2 aliphatic rings. The van der Waals surface area contributed by atoms with Crippen LogP contribution in [0.1, 0.15) is 52.9 Å². The van der Waals surface area contributed by atoms with Crippen molar-refractivity contribution in [2.24, 2.45) is 16.3 Å². The molecule has 0 spiro atoms. The van der Waals surface area contributed by atoms with E-state index in [1.807, 2.05) is 7.11 Å². The van der Waals surface area contributed by atoms with Crippen molar-refractivity contribution in [1.29, 1.82) is 0 Å². The molecule has 1 unspecified atom stereocenters. The number of guanidine groups is 1. The molecule has 1 saturated carbocycles. The van der Waals surface area contributed by atoms with Gasteiger partial charge >= 0.3 is 0 Å². The fraction of sp³-hybridized carbons (Fsp3) is 0.955. The SMILES string of the molecule is CCNC(=NCC1(CCOC)CCCC1)NCC(C(C)C)N1CCN(C)CC1. The first kappa shape index (κ1) is 23.4. The van der Waals surface area contributed by atoms with Crippen LogP contribution in [0.25, 0.3) is 0 Å². The van der Waals surface area contributed by atoms with Gasteiger partial charge in [0.05, 0.1) is 0 Å². The van der Waals surface area contributed by atoms with Crippen LogP contribution in [0.15, 0.2) is 4.99 Å². The Hall–Kier alpha value is -0.850. The highest BCUT2D eigenvalue weighted by atomic mass is 16.5. The first-order chi connectivity index (χ1) is 13.5. The van der Waals surface area contributed by atoms with E-state index in [2.05, 4.69) is 48.3 Å². The minimum Gasteiger partial charge on any atom is -0.385 e. The predicted octanol–water partition coefficient (Wildman–Crippen LogP) is 2.41. The van der Waals surface area contributed by atoms with E-state index in [-0.39, 0.29) is 0 Å². The summed E-state index contributed by atoms with van der Waals surface area (Å²) in [5, 5.41) is 7.13. The number of likely N-dealkylation sites (N-methyl/N-ethyl adjacent to an activating group) is 1. The Balaban J connectivity index is 1.94. The quantitative estimate of drug-likeness (QED) is 0.439. The molecular weight excluding hydrogens is 350 g/mol. The molecule has 2 fully saturated rings. The average Bonchev–Trinajstić information content (AvgIpc) is 3.15. The predicted molar refractivity (Wildman–Crippen MR) is 119 cm³/mol. The van der Waals surface area contributed by atoms with Crippen LogP contribution in [0.4, 0.5) is 0 Å². The summed E-state index contributed by atoms with van der Waals surface area (Å²) < 4.78 is 5.37. The van der Waals surface area contributed by atoms with Crippen molar-refractivity contribution in [1.82, 2.24) is 20.4 Å². The number of hydrogen-bond donors (Lipinski definition) is 2. The van der Waals surface area contributed by atoms with Crippen LogP contribution in [0.2, 0.25) is 0 Å². The van der Waals surface area contributed by atoms with Crippen molar-refractivity contribution < 1.29 is 4.74 Å². The van der Waals surface area contributed by atoms with Crippen LogP contribution in [-0.4, -0.2) is 88.4 Å². The third-order valence-corrected chi connectivity index (χ3v) is 6.67. The minimum absolute atomic E-state index is 0.341. The Kier molecular flexibility index (Phi) is 10.0. The van der Waals surface area contributed by atoms with Gasteiger partial charge in [0.1, 0.15) is 0 Å². The lowest BCUT2D eigenvalue weighted by Gasteiger charge is -2.40. The van der Waals surface area contributed by atoms with Gasteiger partial charge in [0.15, 0.2) is 5.96 Å². The maximum Gasteiger partial charge on any atom is 0.191 e. The van der Waals surface area contributed by atoms with E-state index in [0.717, 1.165) is 51.7 Å². The maximum atomic E-state index is 5.37. The van der Waals surface area contributed by atoms with Gasteiger partial charge in [-0.3, -0.25) is 9.89 Å². The summed E-state index contributed by atoms with van der Waals surface area (Å²) in [6, 6.07) is 0.548. The Labute approximate surface area is 173 Å². The number of aliphatic imine (C=N–C) groups is 1. The standard InChI is InChI=1S/C22H45N5O/c1-6-23-21(25-18-22(11-16-28-5)9-7-8-10-22)24-17-20(19(2)3)27-14-12-26(4)13-15-27/h19-20H,6-18H2,1-5H3,(H2,23,24,25). The van der Waals surface area contributed by atoms with Crippen LogP contribution >= 0.6 is 0 Å². The van der Waals surface area contributed by atoms with E-state index in [9.17, 15) is 0 Å². The maximum absolute atomic E-state index is 5.37. The summed E-state index contributed by atoms with van der Waals surface area (Å²) in [5.41, 5.74) is 0.341. The van der Waals surface area contributed by atoms with Gasteiger partial charge in [-0.2, -0.15) is 0 Å². The lowest BCUT2D eigenvalue weighted by molar-refractivity contribution is 0.0899. The van der Waals surface area contributed by atoms with Gasteiger partial charge in [0.25, 0.3) is 0 Å². The molecule has 1 saturated heterocycles. The Morgan fingerprint density at radius 2 is 1.79 bits per heavy atom. The van der Waals surface area contributed by atoms with Crippen molar-refractivity contribution >= 4 is 5.96 Å². The monoisotopic (exact) mass is 395 g/mol. The van der Waals surface area contributed by atoms with Gasteiger partial charge in [0.2, 0.25) is 0 Å². The van der Waals surface area contributed by atoms with Crippen LogP contribution < -0.4 is 10.6 Å². The molecule has 0 radical (unpaired) electrons. The highest BCUT2D eigenvalue weighted by Gasteiger charge is 2.33. The van der Waals surface area contributed by atoms with E-state index in [1.165, 1.54) is 38.8 Å². The van der Waals surface area contributed by atoms with Crippen LogP contribution in [0.5, 0.6) is 0 Å². The molecule has 0 amide bonds. The molecule has 1 aliphatic carbocycles. The van der Waals surface area contributed by atoms with E-state index in [4.69, 9.17) is 9.73 Å². The summed E-state index contributed by atoms with van der Waals surface area (Å²) >= 11 is 0. The number of nitrogens with one attached hydrogen (secondary N) is 2. The third-order valence-electron chi connectivity index (χ3n) is 6.67. The largest absolute Gasteiger partial charge is 0.385 e. The number of ether oxygens (including phenoxy) is 1. The average molecular weight is 396 g/mol. The van der Waals surface area contributed by atoms with E-state index < -0.39 is 0 Å². The molecule has 0 aromatic carbocycles. The molecule has 0 bridgehead atoms. The van der Waals surface area contributed by atoms with E-state index in [1.54, 1.807) is 0 Å². The minimum atomic E-state index is 0.341. The highest BCUT2D eigenvalue weighted by molar-refractivity contribution is 5.79. The van der Waals surface area contributed by atoms with Crippen molar-refractivity contribution in [2.45, 2.75) is 58.9 Å². The zero-order valence-electron chi connectivity index (χ0n) is 19.1. The third kappa shape index (κ3) is 7.20. The van der Waals surface area contributed by atoms with Crippen molar-refractivity contribution in [3.63, 3.8) is 0 Å². The number of hydrogen-bond acceptors (Lipinski definition) is 4. The molecule has 0 aromatic heterocycles. The summed E-state index contributed by atoms with van der Waals surface area (Å²) in [4.78, 5) is 10.1. The van der Waals surface area contributed by atoms with Gasteiger partial charge in [-0.25, -0.2) is 0 Å². The van der Waals surface area contributed by atoms with Crippen molar-refractivity contribution in [3.05, 3.63) is 0 Å². The van der Waals surface area contributed by atoms with Gasteiger partial charge in [-0.05, 0) is 44.6 Å². The highest BCUT2D eigenvalue weighted by Crippen LogP contribution is 2.41. The number of methoxy groups -OCH3 is 1. The lowest BCUT2D eigenvalue weighted by atomic mass is 9.83. The second-order valence-corrected chi connectivity index (χ2v) is 9.18. The fourth-order valence-electron chi connectivity index (χ4n) is 4.66. The molecule has 164 valence electrons. The van der Waals surface area contributed by atoms with Gasteiger partial charge < -0.3 is 20.3 Å². The zero-order chi connectivity index (χ0) is 20.4. The molecule has 2 rings (SSSR count). The lowest BCUT2D eigenvalue weighted by Crippen LogP contribution is -2.55. The van der Waals surface area contributed by atoms with Gasteiger partial charge in [-0.15, -0.1) is 0 Å². The van der Waals surface area contributed by atoms with Crippen LogP contribution in [0, 0.1) is 11.3 Å². The topological polar surface area (TPSA) is 52.1 Å². The smallest absolute Gasteiger partial charge is 0.191 e. The van der Waals surface area contributed by atoms with E-state index >= 15 is 0 Å². The Bertz CT molecular complexity index is 454. The molecule has 1 aliphatic heterocycles. The molecule has 1 heterocycles. The summed E-state index contributed by atoms with van der Waals surface area (Å²) in [5.74, 6) is 1.60. The van der Waals surface area contributed by atoms with Crippen molar-refractivity contribution in [3.8, 4) is 0 Å². The van der Waals surface area contributed by atoms with Gasteiger partial charge in [-0.1, -0.05) is 26.7 Å². The molecule has 0 aromatic rings. The van der Waals surface area contributed by atoms with Crippen LogP contribution in [-0.2, 0) is 4.74 Å². The van der Waals surface area contributed by atoms with Crippen LogP contribution in [0.3, 0.4) is 0 Å². The summed E-state index contributed by atoms with van der Waals surface area (Å²) in [6.45, 7) is 15.1. The normalized spacial score (nSPS) is 22.6. The van der Waals surface area contributed by atoms with Gasteiger partial charge in [0, 0.05) is 65.6 Å². The molecule has 6 heteroatoms. The Morgan fingerprint density at radius 1 is 1.11 bits per heavy atom. The van der Waals surface area contributed by atoms with Crippen molar-refractivity contribution in [2.75, 3.05) is 66.6 Å². The molecule has 2 N–H and O–H groups in total. The first-order valence-electron chi connectivity index (χ1n) is 11.4. The molecular formula is C22H45N5O. The Morgan fingerprint density at radius 3 is 2.36 bits per heavy atom. The molecule has 28 heavy (non-hydrogen) atoms. The molecule has 1 atom stereocenters. The zero-order valence-corrected chi connectivity index (χ0v) is 19.1. The number of nitrogens with zero attached hydrogens (tertiary/aromatic N) is 3. The summed E-state index contributed by atoms with van der Waals surface area (Å²) in [6.07, 6.45) is 6.37. The first-order valence-corrected chi connectivity index (χ1v) is 11.4. The fourth-order valence-corrected chi connectivity index (χ4v) is 4.66. The second-order valence-electron chi connectivity index (χ2n) is 9.18. The van der Waals surface area contributed by atoms with E-state index in [0.29, 0.717) is 17.4 Å². The number of piperazine rings is 1. The second kappa shape index (κ2) is 12.0.